The fraction of sp³-hybridized carbons (Fsp3) is 0.820. The number of unbranched alkanes of at least 4 members (excludes halogenated alkanes) is 2. The summed E-state index contributed by atoms with van der Waals surface area (Å²) < 4.78 is 19.6. The molecule has 7 N–H and O–H groups in total. The van der Waals surface area contributed by atoms with Crippen molar-refractivity contribution in [1.82, 2.24) is 0 Å². The highest BCUT2D eigenvalue weighted by molar-refractivity contribution is 5.78. The van der Waals surface area contributed by atoms with Crippen molar-refractivity contribution in [3.63, 3.8) is 0 Å². The van der Waals surface area contributed by atoms with Gasteiger partial charge in [0, 0.05) is 12.0 Å². The Morgan fingerprint density at radius 3 is 2.33 bits per heavy atom. The van der Waals surface area contributed by atoms with Gasteiger partial charge in [-0.2, -0.15) is 0 Å². The number of aliphatic hydroxyl groups is 6. The van der Waals surface area contributed by atoms with Gasteiger partial charge in [-0.15, -0.1) is 0 Å². The number of aliphatic hydroxyl groups excluding tert-OH is 6. The molecule has 1 heterocycles. The van der Waals surface area contributed by atoms with Crippen LogP contribution < -0.4 is 0 Å². The Kier molecular flexibility index (Phi) is 12.6. The first-order valence-electron chi connectivity index (χ1n) is 23.8. The van der Waals surface area contributed by atoms with E-state index in [0.717, 1.165) is 76.2 Å². The fourth-order valence-corrected chi connectivity index (χ4v) is 16.4. The standard InChI is InChI=1S/C50H76O11/c1-6-7-9-16-31-33-17-12-13-21-49-22-20-37-46(3,38(49)19-18-32(48(31,49)5)34-23-45(2,28-51)25-39(54)50(33,34)44(57)58)24-36(59-26-30-14-10-8-11-15-30)42(47(37,4)29-52)61-43-41(56)40(55)35(53)27-60-43/h8,10-11,14-15,18,31,33-43,51-56H,6-7,9,12-13,16-17,19-29H2,1-5H3,(H,57,58). The minimum Gasteiger partial charge on any atom is -0.481 e. The molecule has 18 atom stereocenters. The minimum atomic E-state index is -1.49. The maximum atomic E-state index is 14.2. The molecule has 1 aromatic carbocycles. The van der Waals surface area contributed by atoms with Crippen molar-refractivity contribution in [3.8, 4) is 0 Å². The second-order valence-corrected chi connectivity index (χ2v) is 22.1. The molecule has 1 aliphatic heterocycles. The highest BCUT2D eigenvalue weighted by Crippen LogP contribution is 2.80. The molecule has 0 aromatic heterocycles. The number of allylic oxidation sites excluding steroid dienone is 2. The van der Waals surface area contributed by atoms with Gasteiger partial charge >= 0.3 is 5.97 Å². The molecule has 11 heteroatoms. The SMILES string of the molecule is CCCCCC1C2CCCCC34CCC5C(C)(CO)C(OC6OCC(O)C(O)C6O)C(OCc6ccccc6)CC5(C)C3CC=C(C3CC(C)(CO)CC(O)C32C(=O)O)C14C. The van der Waals surface area contributed by atoms with Gasteiger partial charge in [-0.25, -0.2) is 0 Å². The van der Waals surface area contributed by atoms with E-state index in [0.29, 0.717) is 19.4 Å². The van der Waals surface area contributed by atoms with Crippen LogP contribution in [0.15, 0.2) is 42.0 Å². The first-order chi connectivity index (χ1) is 29.0. The fourth-order valence-electron chi connectivity index (χ4n) is 16.4. The van der Waals surface area contributed by atoms with Gasteiger partial charge in [-0.3, -0.25) is 4.79 Å². The van der Waals surface area contributed by atoms with Crippen LogP contribution in [-0.2, 0) is 25.6 Å². The molecule has 11 nitrogen and oxygen atoms in total. The summed E-state index contributed by atoms with van der Waals surface area (Å²) in [6.45, 7) is 11.1. The lowest BCUT2D eigenvalue weighted by atomic mass is 9.28. The molecule has 6 aliphatic carbocycles. The maximum Gasteiger partial charge on any atom is 0.313 e. The summed E-state index contributed by atoms with van der Waals surface area (Å²) in [5.74, 6) is -1.29. The van der Waals surface area contributed by atoms with E-state index in [4.69, 9.17) is 14.2 Å². The van der Waals surface area contributed by atoms with Gasteiger partial charge in [0.25, 0.3) is 0 Å². The zero-order valence-corrected chi connectivity index (χ0v) is 37.4. The number of carboxylic acid groups (broad SMARTS) is 1. The molecular formula is C50H76O11. The third kappa shape index (κ3) is 6.78. The number of carboxylic acids is 1. The van der Waals surface area contributed by atoms with Gasteiger partial charge in [-0.1, -0.05) is 109 Å². The molecule has 8 rings (SSSR count). The van der Waals surface area contributed by atoms with Crippen molar-refractivity contribution in [2.75, 3.05) is 19.8 Å². The topological polar surface area (TPSA) is 186 Å². The van der Waals surface area contributed by atoms with E-state index >= 15 is 0 Å². The molecule has 1 saturated heterocycles. The molecular weight excluding hydrogens is 777 g/mol. The predicted molar refractivity (Wildman–Crippen MR) is 229 cm³/mol. The Bertz CT molecular complexity index is 1760. The van der Waals surface area contributed by atoms with Crippen molar-refractivity contribution in [1.29, 1.82) is 0 Å². The van der Waals surface area contributed by atoms with Crippen LogP contribution in [0.3, 0.4) is 0 Å². The maximum absolute atomic E-state index is 14.2. The lowest BCUT2D eigenvalue weighted by Gasteiger charge is -2.76. The van der Waals surface area contributed by atoms with Crippen LogP contribution in [0.4, 0.5) is 0 Å². The highest BCUT2D eigenvalue weighted by Gasteiger charge is 2.77. The Hall–Kier alpha value is -1.93. The molecule has 0 amide bonds. The Morgan fingerprint density at radius 1 is 0.885 bits per heavy atom. The summed E-state index contributed by atoms with van der Waals surface area (Å²) >= 11 is 0. The van der Waals surface area contributed by atoms with Gasteiger partial charge in [0.15, 0.2) is 6.29 Å². The van der Waals surface area contributed by atoms with E-state index in [1.807, 2.05) is 37.3 Å². The van der Waals surface area contributed by atoms with E-state index in [-0.39, 0.29) is 66.2 Å². The molecule has 1 spiro atoms. The Balaban J connectivity index is 1.27. The van der Waals surface area contributed by atoms with Crippen molar-refractivity contribution in [2.45, 2.75) is 174 Å². The third-order valence-corrected chi connectivity index (χ3v) is 19.1. The van der Waals surface area contributed by atoms with Crippen molar-refractivity contribution < 1.29 is 54.8 Å². The quantitative estimate of drug-likeness (QED) is 0.0702. The number of fused-ring (bicyclic) bond motifs is 6. The molecule has 5 saturated carbocycles. The molecule has 342 valence electrons. The second-order valence-electron chi connectivity index (χ2n) is 22.1. The molecule has 18 unspecified atom stereocenters. The molecule has 0 radical (unpaired) electrons. The summed E-state index contributed by atoms with van der Waals surface area (Å²) in [6.07, 6.45) is 6.29. The lowest BCUT2D eigenvalue weighted by Crippen LogP contribution is -2.73. The molecule has 61 heavy (non-hydrogen) atoms. The number of hydrogen-bond donors (Lipinski definition) is 7. The first kappa shape index (κ1) is 45.6. The van der Waals surface area contributed by atoms with Crippen LogP contribution in [0.5, 0.6) is 0 Å². The average Bonchev–Trinajstić information content (AvgIpc) is 3.23. The van der Waals surface area contributed by atoms with E-state index < -0.39 is 71.0 Å². The van der Waals surface area contributed by atoms with Crippen LogP contribution >= 0.6 is 0 Å². The third-order valence-electron chi connectivity index (χ3n) is 19.1. The van der Waals surface area contributed by atoms with Gasteiger partial charge in [0.2, 0.25) is 0 Å². The Labute approximate surface area is 363 Å². The molecule has 1 aromatic rings. The molecule has 2 bridgehead atoms. The summed E-state index contributed by atoms with van der Waals surface area (Å²) in [5, 5.41) is 78.7. The average molecular weight is 853 g/mol. The summed E-state index contributed by atoms with van der Waals surface area (Å²) in [6, 6.07) is 9.99. The van der Waals surface area contributed by atoms with E-state index in [2.05, 4.69) is 33.8 Å². The van der Waals surface area contributed by atoms with Gasteiger partial charge in [0.05, 0.1) is 38.1 Å². The smallest absolute Gasteiger partial charge is 0.313 e. The second kappa shape index (κ2) is 16.8. The van der Waals surface area contributed by atoms with Crippen LogP contribution in [0.25, 0.3) is 0 Å². The van der Waals surface area contributed by atoms with Crippen LogP contribution in [0.2, 0.25) is 0 Å². The number of hydrogen-bond acceptors (Lipinski definition) is 10. The molecule has 6 fully saturated rings. The zero-order valence-electron chi connectivity index (χ0n) is 37.4. The number of rotatable bonds is 12. The number of carbonyl (C=O) groups is 1. The van der Waals surface area contributed by atoms with E-state index in [1.54, 1.807) is 0 Å². The summed E-state index contributed by atoms with van der Waals surface area (Å²) in [5.41, 5.74) is -1.47. The highest BCUT2D eigenvalue weighted by atomic mass is 16.7. The summed E-state index contributed by atoms with van der Waals surface area (Å²) in [7, 11) is 0. The van der Waals surface area contributed by atoms with Crippen molar-refractivity contribution in [2.24, 2.45) is 62.1 Å². The minimum absolute atomic E-state index is 0.0207. The van der Waals surface area contributed by atoms with Crippen LogP contribution in [-0.4, -0.2) is 104 Å². The van der Waals surface area contributed by atoms with E-state index in [1.165, 1.54) is 5.57 Å². The monoisotopic (exact) mass is 853 g/mol. The number of ether oxygens (including phenoxy) is 3. The first-order valence-corrected chi connectivity index (χ1v) is 23.8. The van der Waals surface area contributed by atoms with Gasteiger partial charge in [0.1, 0.15) is 23.7 Å². The largest absolute Gasteiger partial charge is 0.481 e. The van der Waals surface area contributed by atoms with Gasteiger partial charge in [-0.05, 0) is 115 Å². The Morgan fingerprint density at radius 2 is 1.64 bits per heavy atom. The number of benzene rings is 1. The summed E-state index contributed by atoms with van der Waals surface area (Å²) in [4.78, 5) is 14.2. The van der Waals surface area contributed by atoms with Crippen LogP contribution in [0.1, 0.15) is 130 Å². The van der Waals surface area contributed by atoms with Crippen molar-refractivity contribution in [3.05, 3.63) is 47.5 Å². The molecule has 7 aliphatic rings. The normalized spacial score (nSPS) is 49.3. The predicted octanol–water partition coefficient (Wildman–Crippen LogP) is 6.39. The lowest BCUT2D eigenvalue weighted by molar-refractivity contribution is -0.335. The van der Waals surface area contributed by atoms with Crippen molar-refractivity contribution >= 4 is 5.97 Å². The van der Waals surface area contributed by atoms with E-state index in [9.17, 15) is 40.5 Å². The number of aliphatic carboxylic acids is 1. The van der Waals surface area contributed by atoms with Gasteiger partial charge < -0.3 is 50.0 Å². The zero-order chi connectivity index (χ0) is 43.8. The van der Waals surface area contributed by atoms with Crippen LogP contribution in [0, 0.1) is 62.1 Å².